The van der Waals surface area contributed by atoms with Crippen LogP contribution in [0.1, 0.15) is 20.3 Å². The number of halogens is 1. The lowest BCUT2D eigenvalue weighted by molar-refractivity contribution is -0.0511. The van der Waals surface area contributed by atoms with Gasteiger partial charge in [0, 0.05) is 11.5 Å². The maximum Gasteiger partial charge on any atom is 0.266 e. The molecule has 1 aromatic rings. The zero-order valence-electron chi connectivity index (χ0n) is 9.12. The molecule has 0 bridgehead atoms. The maximum absolute atomic E-state index is 11.4. The summed E-state index contributed by atoms with van der Waals surface area (Å²) < 4.78 is 0.553. The van der Waals surface area contributed by atoms with Crippen molar-refractivity contribution in [3.63, 3.8) is 0 Å². The van der Waals surface area contributed by atoms with Crippen molar-refractivity contribution < 1.29 is 5.11 Å². The first-order valence-corrected chi connectivity index (χ1v) is 6.18. The van der Waals surface area contributed by atoms with Crippen LogP contribution in [0.5, 0.6) is 0 Å². The molecule has 16 heavy (non-hydrogen) atoms. The first-order valence-electron chi connectivity index (χ1n) is 5.10. The van der Waals surface area contributed by atoms with Crippen molar-refractivity contribution in [2.45, 2.75) is 32.4 Å². The van der Waals surface area contributed by atoms with Gasteiger partial charge in [-0.25, -0.2) is 4.98 Å². The number of hydrogen-bond acceptors (Lipinski definition) is 4. The number of nitrogens with one attached hydrogen (secondary N) is 2. The van der Waals surface area contributed by atoms with E-state index >= 15 is 0 Å². The quantitative estimate of drug-likeness (QED) is 0.703. The Bertz CT molecular complexity index is 458. The third-order valence-electron chi connectivity index (χ3n) is 3.32. The second-order valence-corrected chi connectivity index (χ2v) is 5.74. The van der Waals surface area contributed by atoms with E-state index in [1.165, 1.54) is 6.33 Å². The molecule has 5 nitrogen and oxygen atoms in total. The Morgan fingerprint density at radius 3 is 2.94 bits per heavy atom. The molecule has 0 spiro atoms. The smallest absolute Gasteiger partial charge is 0.266 e. The standard InChI is InChI=1S/C10H14IN3O2/c1-10(2)5(3-6(10)15)14-8-7(11)9(16)13-4-12-8/h4-6,15H,3H2,1-2H3,(H2,12,13,14,16). The average molecular weight is 335 g/mol. The van der Waals surface area contributed by atoms with Crippen LogP contribution in [0.4, 0.5) is 5.82 Å². The van der Waals surface area contributed by atoms with Gasteiger partial charge in [-0.2, -0.15) is 0 Å². The molecule has 0 aromatic carbocycles. The van der Waals surface area contributed by atoms with E-state index in [1.807, 2.05) is 36.4 Å². The van der Waals surface area contributed by atoms with Crippen molar-refractivity contribution in [1.82, 2.24) is 9.97 Å². The third-order valence-corrected chi connectivity index (χ3v) is 4.32. The molecule has 3 N–H and O–H groups in total. The molecule has 6 heteroatoms. The van der Waals surface area contributed by atoms with Gasteiger partial charge in [0.1, 0.15) is 9.39 Å². The fraction of sp³-hybridized carbons (Fsp3) is 0.600. The Labute approximate surface area is 107 Å². The number of H-pyrrole nitrogens is 1. The monoisotopic (exact) mass is 335 g/mol. The molecule has 0 saturated heterocycles. The summed E-state index contributed by atoms with van der Waals surface area (Å²) in [6.07, 6.45) is 1.79. The lowest BCUT2D eigenvalue weighted by atomic mass is 9.64. The van der Waals surface area contributed by atoms with Gasteiger partial charge >= 0.3 is 0 Å². The van der Waals surface area contributed by atoms with Gasteiger partial charge in [-0.3, -0.25) is 4.79 Å². The van der Waals surface area contributed by atoms with E-state index in [4.69, 9.17) is 0 Å². The molecule has 88 valence electrons. The molecule has 1 aliphatic carbocycles. The average Bonchev–Trinajstić information content (AvgIpc) is 2.24. The van der Waals surface area contributed by atoms with Gasteiger partial charge in [0.05, 0.1) is 12.4 Å². The number of anilines is 1. The molecule has 0 amide bonds. The molecule has 1 saturated carbocycles. The minimum atomic E-state index is -0.287. The van der Waals surface area contributed by atoms with Crippen LogP contribution < -0.4 is 10.9 Å². The first-order chi connectivity index (χ1) is 7.43. The molecule has 1 heterocycles. The van der Waals surface area contributed by atoms with Crippen molar-refractivity contribution in [3.05, 3.63) is 20.3 Å². The molecule has 1 aromatic heterocycles. The molecular weight excluding hydrogens is 321 g/mol. The van der Waals surface area contributed by atoms with Crippen LogP contribution in [0, 0.1) is 8.99 Å². The van der Waals surface area contributed by atoms with Gasteiger partial charge in [-0.15, -0.1) is 0 Å². The first kappa shape index (κ1) is 11.8. The summed E-state index contributed by atoms with van der Waals surface area (Å²) in [6, 6.07) is 0.158. The molecule has 0 aliphatic heterocycles. The Morgan fingerprint density at radius 1 is 1.69 bits per heavy atom. The van der Waals surface area contributed by atoms with Crippen LogP contribution in [0.2, 0.25) is 0 Å². The highest BCUT2D eigenvalue weighted by molar-refractivity contribution is 14.1. The third kappa shape index (κ3) is 1.84. The molecule has 2 rings (SSSR count). The Kier molecular flexibility index (Phi) is 2.95. The number of hydrogen-bond donors (Lipinski definition) is 3. The highest BCUT2D eigenvalue weighted by Crippen LogP contribution is 2.42. The van der Waals surface area contributed by atoms with Gasteiger partial charge in [-0.05, 0) is 29.0 Å². The summed E-state index contributed by atoms with van der Waals surface area (Å²) in [7, 11) is 0. The summed E-state index contributed by atoms with van der Waals surface area (Å²) >= 11 is 1.96. The summed E-state index contributed by atoms with van der Waals surface area (Å²) in [4.78, 5) is 18.0. The van der Waals surface area contributed by atoms with Gasteiger partial charge < -0.3 is 15.4 Å². The molecular formula is C10H14IN3O2. The van der Waals surface area contributed by atoms with E-state index in [1.54, 1.807) is 0 Å². The Balaban J connectivity index is 2.17. The minimum Gasteiger partial charge on any atom is -0.392 e. The zero-order chi connectivity index (χ0) is 11.9. The fourth-order valence-corrected chi connectivity index (χ4v) is 2.25. The lowest BCUT2D eigenvalue weighted by Gasteiger charge is -2.49. The molecule has 1 fully saturated rings. The van der Waals surface area contributed by atoms with Crippen molar-refractivity contribution in [2.24, 2.45) is 5.41 Å². The van der Waals surface area contributed by atoms with E-state index in [-0.39, 0.29) is 23.1 Å². The van der Waals surface area contributed by atoms with Crippen LogP contribution in [0.15, 0.2) is 11.1 Å². The van der Waals surface area contributed by atoms with Crippen molar-refractivity contribution in [3.8, 4) is 0 Å². The van der Waals surface area contributed by atoms with Crippen LogP contribution in [-0.2, 0) is 0 Å². The van der Waals surface area contributed by atoms with Crippen LogP contribution in [0.3, 0.4) is 0 Å². The molecule has 2 atom stereocenters. The number of aliphatic hydroxyl groups is 1. The number of rotatable bonds is 2. The van der Waals surface area contributed by atoms with Crippen molar-refractivity contribution in [1.29, 1.82) is 0 Å². The largest absolute Gasteiger partial charge is 0.392 e. The number of aromatic amines is 1. The Morgan fingerprint density at radius 2 is 2.38 bits per heavy atom. The highest BCUT2D eigenvalue weighted by atomic mass is 127. The maximum atomic E-state index is 11.4. The second kappa shape index (κ2) is 3.99. The van der Waals surface area contributed by atoms with Gasteiger partial charge in [0.2, 0.25) is 0 Å². The topological polar surface area (TPSA) is 78.0 Å². The van der Waals surface area contributed by atoms with Gasteiger partial charge in [0.25, 0.3) is 5.56 Å². The van der Waals surface area contributed by atoms with Gasteiger partial charge in [-0.1, -0.05) is 13.8 Å². The zero-order valence-corrected chi connectivity index (χ0v) is 11.3. The van der Waals surface area contributed by atoms with Crippen LogP contribution >= 0.6 is 22.6 Å². The Hall–Kier alpha value is -0.630. The number of aromatic nitrogens is 2. The SMILES string of the molecule is CC1(C)C(O)CC1Nc1nc[nH]c(=O)c1I. The minimum absolute atomic E-state index is 0.143. The summed E-state index contributed by atoms with van der Waals surface area (Å²) in [5, 5.41) is 12.8. The molecule has 0 radical (unpaired) electrons. The predicted octanol–water partition coefficient (Wildman–Crippen LogP) is 0.946. The summed E-state index contributed by atoms with van der Waals surface area (Å²) in [5.74, 6) is 0.592. The van der Waals surface area contributed by atoms with E-state index in [9.17, 15) is 9.90 Å². The lowest BCUT2D eigenvalue weighted by Crippen LogP contribution is -2.57. The van der Waals surface area contributed by atoms with Gasteiger partial charge in [0.15, 0.2) is 0 Å². The van der Waals surface area contributed by atoms with Crippen LogP contribution in [-0.4, -0.2) is 27.2 Å². The van der Waals surface area contributed by atoms with Crippen molar-refractivity contribution >= 4 is 28.4 Å². The second-order valence-electron chi connectivity index (χ2n) is 4.66. The summed E-state index contributed by atoms with van der Waals surface area (Å²) in [5.41, 5.74) is -0.316. The predicted molar refractivity (Wildman–Crippen MR) is 69.4 cm³/mol. The number of nitrogens with zero attached hydrogens (tertiary/aromatic N) is 1. The highest BCUT2D eigenvalue weighted by Gasteiger charge is 2.47. The van der Waals surface area contributed by atoms with E-state index in [2.05, 4.69) is 15.3 Å². The van der Waals surface area contributed by atoms with E-state index < -0.39 is 0 Å². The normalized spacial score (nSPS) is 27.2. The fourth-order valence-electron chi connectivity index (χ4n) is 1.80. The van der Waals surface area contributed by atoms with Crippen molar-refractivity contribution in [2.75, 3.05) is 5.32 Å². The number of aliphatic hydroxyl groups excluding tert-OH is 1. The van der Waals surface area contributed by atoms with Crippen LogP contribution in [0.25, 0.3) is 0 Å². The summed E-state index contributed by atoms with van der Waals surface area (Å²) in [6.45, 7) is 4.00. The van der Waals surface area contributed by atoms with E-state index in [0.717, 1.165) is 0 Å². The van der Waals surface area contributed by atoms with E-state index in [0.29, 0.717) is 15.8 Å². The molecule has 1 aliphatic rings. The molecule has 2 unspecified atom stereocenters.